The van der Waals surface area contributed by atoms with E-state index in [1.54, 1.807) is 12.1 Å². The Morgan fingerprint density at radius 3 is 2.38 bits per heavy atom. The third kappa shape index (κ3) is 4.06. The van der Waals surface area contributed by atoms with Gasteiger partial charge in [-0.1, -0.05) is 30.3 Å². The van der Waals surface area contributed by atoms with Gasteiger partial charge in [0.15, 0.2) is 17.3 Å². The molecule has 3 rings (SSSR count). The van der Waals surface area contributed by atoms with E-state index in [9.17, 15) is 9.90 Å². The molecule has 1 aliphatic rings. The minimum atomic E-state index is -0.0437. The number of rotatable bonds is 5. The molecule has 2 aromatic carbocycles. The standard InChI is InChI=1S/C21H23NO4/c1-25-19-11-16(12-20(26-2)21(19)24)10-17-14-22(9-8-18(17)23)13-15-6-4-3-5-7-15/h3-7,10-12,24H,8-9,13-14H2,1-2H3/b17-10+. The largest absolute Gasteiger partial charge is 0.502 e. The van der Waals surface area contributed by atoms with Crippen LogP contribution in [0.4, 0.5) is 0 Å². The number of hydrogen-bond acceptors (Lipinski definition) is 5. The monoisotopic (exact) mass is 353 g/mol. The molecule has 5 heteroatoms. The van der Waals surface area contributed by atoms with Gasteiger partial charge in [-0.2, -0.15) is 0 Å². The summed E-state index contributed by atoms with van der Waals surface area (Å²) in [6.45, 7) is 2.17. The van der Waals surface area contributed by atoms with Gasteiger partial charge in [0.2, 0.25) is 5.75 Å². The molecule has 1 aliphatic heterocycles. The molecule has 0 saturated carbocycles. The van der Waals surface area contributed by atoms with Crippen LogP contribution in [0.25, 0.3) is 6.08 Å². The Hall–Kier alpha value is -2.79. The molecule has 136 valence electrons. The van der Waals surface area contributed by atoms with E-state index in [1.165, 1.54) is 19.8 Å². The van der Waals surface area contributed by atoms with E-state index in [1.807, 2.05) is 24.3 Å². The molecule has 0 aromatic heterocycles. The van der Waals surface area contributed by atoms with Crippen LogP contribution >= 0.6 is 0 Å². The highest BCUT2D eigenvalue weighted by Gasteiger charge is 2.22. The molecular weight excluding hydrogens is 330 g/mol. The van der Waals surface area contributed by atoms with Crippen molar-refractivity contribution in [2.75, 3.05) is 27.3 Å². The predicted octanol–water partition coefficient (Wildman–Crippen LogP) is 3.27. The van der Waals surface area contributed by atoms with Crippen molar-refractivity contribution in [3.05, 3.63) is 59.2 Å². The smallest absolute Gasteiger partial charge is 0.200 e. The van der Waals surface area contributed by atoms with Gasteiger partial charge in [0.1, 0.15) is 0 Å². The van der Waals surface area contributed by atoms with Crippen molar-refractivity contribution in [3.63, 3.8) is 0 Å². The first-order valence-electron chi connectivity index (χ1n) is 8.55. The van der Waals surface area contributed by atoms with Crippen LogP contribution in [0.2, 0.25) is 0 Å². The lowest BCUT2D eigenvalue weighted by Gasteiger charge is -2.28. The van der Waals surface area contributed by atoms with E-state index < -0.39 is 0 Å². The van der Waals surface area contributed by atoms with E-state index in [0.29, 0.717) is 24.5 Å². The second-order valence-electron chi connectivity index (χ2n) is 6.31. The van der Waals surface area contributed by atoms with E-state index in [0.717, 1.165) is 24.2 Å². The fraction of sp³-hybridized carbons (Fsp3) is 0.286. The van der Waals surface area contributed by atoms with Crippen molar-refractivity contribution in [2.24, 2.45) is 0 Å². The number of ether oxygens (including phenoxy) is 2. The number of carbonyl (C=O) groups is 1. The maximum Gasteiger partial charge on any atom is 0.200 e. The van der Waals surface area contributed by atoms with Crippen molar-refractivity contribution < 1.29 is 19.4 Å². The maximum absolute atomic E-state index is 12.4. The van der Waals surface area contributed by atoms with Gasteiger partial charge in [0.25, 0.3) is 0 Å². The summed E-state index contributed by atoms with van der Waals surface area (Å²) in [7, 11) is 2.97. The highest BCUT2D eigenvalue weighted by molar-refractivity contribution is 6.00. The van der Waals surface area contributed by atoms with Gasteiger partial charge in [-0.25, -0.2) is 0 Å². The summed E-state index contributed by atoms with van der Waals surface area (Å²) in [4.78, 5) is 14.6. The summed E-state index contributed by atoms with van der Waals surface area (Å²) in [5, 5.41) is 10.0. The first-order chi connectivity index (χ1) is 12.6. The zero-order valence-corrected chi connectivity index (χ0v) is 15.1. The number of benzene rings is 2. The Balaban J connectivity index is 1.83. The summed E-state index contributed by atoms with van der Waals surface area (Å²) < 4.78 is 10.4. The summed E-state index contributed by atoms with van der Waals surface area (Å²) in [5.41, 5.74) is 2.75. The number of phenols is 1. The summed E-state index contributed by atoms with van der Waals surface area (Å²) in [6.07, 6.45) is 2.36. The third-order valence-corrected chi connectivity index (χ3v) is 4.50. The van der Waals surface area contributed by atoms with E-state index in [2.05, 4.69) is 17.0 Å². The Morgan fingerprint density at radius 2 is 1.77 bits per heavy atom. The number of Topliss-reactive ketones (excluding diaryl/α,β-unsaturated/α-hetero) is 1. The summed E-state index contributed by atoms with van der Waals surface area (Å²) >= 11 is 0. The second-order valence-corrected chi connectivity index (χ2v) is 6.31. The average Bonchev–Trinajstić information content (AvgIpc) is 2.66. The van der Waals surface area contributed by atoms with Crippen molar-refractivity contribution in [1.29, 1.82) is 0 Å². The van der Waals surface area contributed by atoms with E-state index in [-0.39, 0.29) is 11.5 Å². The maximum atomic E-state index is 12.4. The molecular formula is C21H23NO4. The summed E-state index contributed by atoms with van der Waals surface area (Å²) in [5.74, 6) is 0.749. The molecule has 0 spiro atoms. The van der Waals surface area contributed by atoms with E-state index in [4.69, 9.17) is 9.47 Å². The number of carbonyl (C=O) groups excluding carboxylic acids is 1. The molecule has 0 aliphatic carbocycles. The first-order valence-corrected chi connectivity index (χ1v) is 8.55. The van der Waals surface area contributed by atoms with Crippen molar-refractivity contribution >= 4 is 11.9 Å². The number of methoxy groups -OCH3 is 2. The lowest BCUT2D eigenvalue weighted by atomic mass is 9.99. The lowest BCUT2D eigenvalue weighted by molar-refractivity contribution is -0.117. The molecule has 2 aromatic rings. The zero-order valence-electron chi connectivity index (χ0n) is 15.1. The fourth-order valence-corrected chi connectivity index (χ4v) is 3.13. The number of phenolic OH excluding ortho intramolecular Hbond substituents is 1. The molecule has 0 atom stereocenters. The Bertz CT molecular complexity index is 789. The number of aromatic hydroxyl groups is 1. The molecule has 0 unspecified atom stereocenters. The Kier molecular flexibility index (Phi) is 5.58. The summed E-state index contributed by atoms with van der Waals surface area (Å²) in [6, 6.07) is 13.6. The van der Waals surface area contributed by atoms with Gasteiger partial charge in [-0.15, -0.1) is 0 Å². The lowest BCUT2D eigenvalue weighted by Crippen LogP contribution is -2.35. The third-order valence-electron chi connectivity index (χ3n) is 4.50. The number of piperidine rings is 1. The SMILES string of the molecule is COc1cc(/C=C2\CN(Cc3ccccc3)CCC2=O)cc(OC)c1O. The molecule has 1 saturated heterocycles. The van der Waals surface area contributed by atoms with Gasteiger partial charge in [0.05, 0.1) is 14.2 Å². The predicted molar refractivity (Wildman–Crippen MR) is 101 cm³/mol. The molecule has 26 heavy (non-hydrogen) atoms. The molecule has 0 bridgehead atoms. The molecule has 1 heterocycles. The highest BCUT2D eigenvalue weighted by Crippen LogP contribution is 2.37. The first kappa shape index (κ1) is 18.0. The average molecular weight is 353 g/mol. The van der Waals surface area contributed by atoms with Gasteiger partial charge < -0.3 is 14.6 Å². The number of likely N-dealkylation sites (tertiary alicyclic amines) is 1. The van der Waals surface area contributed by atoms with Crippen molar-refractivity contribution in [1.82, 2.24) is 4.90 Å². The van der Waals surface area contributed by atoms with Crippen LogP contribution in [0.1, 0.15) is 17.5 Å². The minimum Gasteiger partial charge on any atom is -0.502 e. The zero-order chi connectivity index (χ0) is 18.5. The van der Waals surface area contributed by atoms with Gasteiger partial charge in [-0.3, -0.25) is 9.69 Å². The van der Waals surface area contributed by atoms with Crippen LogP contribution in [0.5, 0.6) is 17.2 Å². The van der Waals surface area contributed by atoms with Crippen LogP contribution in [0.3, 0.4) is 0 Å². The normalized spacial score (nSPS) is 16.7. The van der Waals surface area contributed by atoms with E-state index >= 15 is 0 Å². The fourth-order valence-electron chi connectivity index (χ4n) is 3.13. The Morgan fingerprint density at radius 1 is 1.12 bits per heavy atom. The molecule has 5 nitrogen and oxygen atoms in total. The highest BCUT2D eigenvalue weighted by atomic mass is 16.5. The van der Waals surface area contributed by atoms with Crippen LogP contribution < -0.4 is 9.47 Å². The second kappa shape index (κ2) is 8.06. The number of hydrogen-bond donors (Lipinski definition) is 1. The quantitative estimate of drug-likeness (QED) is 0.836. The Labute approximate surface area is 153 Å². The van der Waals surface area contributed by atoms with Gasteiger partial charge in [0, 0.05) is 31.6 Å². The molecule has 0 radical (unpaired) electrons. The minimum absolute atomic E-state index is 0.0437. The molecule has 1 N–H and O–H groups in total. The number of nitrogens with zero attached hydrogens (tertiary/aromatic N) is 1. The molecule has 0 amide bonds. The molecule has 1 fully saturated rings. The van der Waals surface area contributed by atoms with Crippen LogP contribution in [0, 0.1) is 0 Å². The van der Waals surface area contributed by atoms with Crippen LogP contribution in [0.15, 0.2) is 48.0 Å². The van der Waals surface area contributed by atoms with Gasteiger partial charge in [-0.05, 0) is 29.3 Å². The number of ketones is 1. The van der Waals surface area contributed by atoms with Crippen molar-refractivity contribution in [3.8, 4) is 17.2 Å². The van der Waals surface area contributed by atoms with Gasteiger partial charge >= 0.3 is 0 Å². The van der Waals surface area contributed by atoms with Crippen molar-refractivity contribution in [2.45, 2.75) is 13.0 Å². The van der Waals surface area contributed by atoms with Crippen LogP contribution in [-0.2, 0) is 11.3 Å². The van der Waals surface area contributed by atoms with Crippen LogP contribution in [-0.4, -0.2) is 43.1 Å². The topological polar surface area (TPSA) is 59.0 Å².